The standard InChI is InChI=1S/C19H15F3N6/c20-19(21,22)15-11-14(1-2-16(15)28-10-9-25-12-28)18(5-8-26-17(23)27-18)13-3-6-24-7-4-13/h1-12H,(H3,23,26,27). The largest absolute Gasteiger partial charge is 0.418 e. The van der Waals surface area contributed by atoms with Gasteiger partial charge in [0.05, 0.1) is 17.6 Å². The fourth-order valence-corrected chi connectivity index (χ4v) is 3.23. The van der Waals surface area contributed by atoms with Gasteiger partial charge in [-0.1, -0.05) is 6.07 Å². The van der Waals surface area contributed by atoms with E-state index in [1.165, 1.54) is 29.4 Å². The monoisotopic (exact) mass is 384 g/mol. The molecule has 1 aromatic carbocycles. The molecule has 4 rings (SSSR count). The molecule has 1 aliphatic heterocycles. The van der Waals surface area contributed by atoms with E-state index in [-0.39, 0.29) is 11.6 Å². The van der Waals surface area contributed by atoms with Crippen LogP contribution in [0.25, 0.3) is 5.69 Å². The Morgan fingerprint density at radius 1 is 1.00 bits per heavy atom. The molecule has 0 bridgehead atoms. The summed E-state index contributed by atoms with van der Waals surface area (Å²) in [6.45, 7) is 0. The summed E-state index contributed by atoms with van der Waals surface area (Å²) < 4.78 is 42.9. The Balaban J connectivity index is 1.96. The summed E-state index contributed by atoms with van der Waals surface area (Å²) in [5, 5.41) is 2.75. The van der Waals surface area contributed by atoms with Gasteiger partial charge in [-0.15, -0.1) is 0 Å². The Hall–Kier alpha value is -3.62. The van der Waals surface area contributed by atoms with Crippen molar-refractivity contribution in [1.82, 2.24) is 19.9 Å². The number of nitrogens with two attached hydrogens (primary N) is 1. The van der Waals surface area contributed by atoms with Gasteiger partial charge in [-0.25, -0.2) is 9.98 Å². The number of hydrogen-bond donors (Lipinski definition) is 2. The van der Waals surface area contributed by atoms with E-state index < -0.39 is 17.3 Å². The SMILES string of the molecule is NC1=NC(c2ccncc2)(c2ccc(-n3ccnc3)c(C(F)(F)F)c2)C=CN1. The average Bonchev–Trinajstić information content (AvgIpc) is 3.22. The summed E-state index contributed by atoms with van der Waals surface area (Å²) in [5.74, 6) is 0.103. The van der Waals surface area contributed by atoms with Crippen LogP contribution < -0.4 is 11.1 Å². The molecule has 3 heterocycles. The lowest BCUT2D eigenvalue weighted by Gasteiger charge is -2.31. The predicted molar refractivity (Wildman–Crippen MR) is 97.5 cm³/mol. The summed E-state index contributed by atoms with van der Waals surface area (Å²) >= 11 is 0. The van der Waals surface area contributed by atoms with Crippen LogP contribution >= 0.6 is 0 Å². The van der Waals surface area contributed by atoms with Gasteiger partial charge in [0.1, 0.15) is 5.54 Å². The maximum absolute atomic E-state index is 13.9. The number of halogens is 3. The summed E-state index contributed by atoms with van der Waals surface area (Å²) in [6.07, 6.45) is 6.00. The fourth-order valence-electron chi connectivity index (χ4n) is 3.23. The highest BCUT2D eigenvalue weighted by atomic mass is 19.4. The number of rotatable bonds is 3. The minimum absolute atomic E-state index is 0.0199. The van der Waals surface area contributed by atoms with Crippen LogP contribution in [-0.2, 0) is 11.7 Å². The van der Waals surface area contributed by atoms with Crippen molar-refractivity contribution in [3.05, 3.63) is 90.4 Å². The number of benzene rings is 1. The summed E-state index contributed by atoms with van der Waals surface area (Å²) in [6, 6.07) is 7.51. The Morgan fingerprint density at radius 2 is 1.79 bits per heavy atom. The number of nitrogens with one attached hydrogen (secondary N) is 1. The molecule has 0 spiro atoms. The van der Waals surface area contributed by atoms with Crippen LogP contribution in [0.2, 0.25) is 0 Å². The third-order valence-electron chi connectivity index (χ3n) is 4.50. The molecular formula is C19H15F3N6. The normalized spacial score (nSPS) is 19.2. The van der Waals surface area contributed by atoms with Crippen LogP contribution in [0.1, 0.15) is 16.7 Å². The van der Waals surface area contributed by atoms with Crippen LogP contribution in [0.5, 0.6) is 0 Å². The summed E-state index contributed by atoms with van der Waals surface area (Å²) in [7, 11) is 0. The Bertz CT molecular complexity index is 1040. The topological polar surface area (TPSA) is 81.1 Å². The maximum Gasteiger partial charge on any atom is 0.418 e. The molecule has 142 valence electrons. The Labute approximate surface area is 158 Å². The van der Waals surface area contributed by atoms with Gasteiger partial charge in [0.2, 0.25) is 0 Å². The van der Waals surface area contributed by atoms with E-state index in [2.05, 4.69) is 20.3 Å². The van der Waals surface area contributed by atoms with Gasteiger partial charge in [-0.3, -0.25) is 4.98 Å². The highest BCUT2D eigenvalue weighted by Gasteiger charge is 2.39. The second-order valence-corrected chi connectivity index (χ2v) is 6.18. The number of alkyl halides is 3. The van der Waals surface area contributed by atoms with E-state index in [0.717, 1.165) is 6.07 Å². The Morgan fingerprint density at radius 3 is 2.43 bits per heavy atom. The van der Waals surface area contributed by atoms with Crippen molar-refractivity contribution in [2.75, 3.05) is 0 Å². The van der Waals surface area contributed by atoms with Crippen molar-refractivity contribution in [1.29, 1.82) is 0 Å². The molecule has 1 aliphatic rings. The number of nitrogens with zero attached hydrogens (tertiary/aromatic N) is 4. The third kappa shape index (κ3) is 3.00. The highest BCUT2D eigenvalue weighted by molar-refractivity contribution is 5.81. The molecule has 9 heteroatoms. The van der Waals surface area contributed by atoms with Crippen molar-refractivity contribution in [3.63, 3.8) is 0 Å². The molecule has 28 heavy (non-hydrogen) atoms. The van der Waals surface area contributed by atoms with Gasteiger partial charge in [-0.2, -0.15) is 13.2 Å². The van der Waals surface area contributed by atoms with Crippen molar-refractivity contribution < 1.29 is 13.2 Å². The molecular weight excluding hydrogens is 369 g/mol. The molecule has 0 aliphatic carbocycles. The second-order valence-electron chi connectivity index (χ2n) is 6.18. The first kappa shape index (κ1) is 17.8. The highest BCUT2D eigenvalue weighted by Crippen LogP contribution is 2.41. The van der Waals surface area contributed by atoms with E-state index >= 15 is 0 Å². The molecule has 6 nitrogen and oxygen atoms in total. The first-order valence-corrected chi connectivity index (χ1v) is 8.30. The van der Waals surface area contributed by atoms with Crippen molar-refractivity contribution in [3.8, 4) is 5.69 Å². The van der Waals surface area contributed by atoms with Gasteiger partial charge < -0.3 is 15.6 Å². The molecule has 0 fully saturated rings. The van der Waals surface area contributed by atoms with E-state index in [9.17, 15) is 13.2 Å². The molecule has 3 aromatic rings. The fraction of sp³-hybridized carbons (Fsp3) is 0.105. The van der Waals surface area contributed by atoms with Crippen molar-refractivity contribution >= 4 is 5.96 Å². The van der Waals surface area contributed by atoms with Gasteiger partial charge >= 0.3 is 6.18 Å². The summed E-state index contributed by atoms with van der Waals surface area (Å²) in [4.78, 5) is 12.3. The first-order chi connectivity index (χ1) is 13.4. The molecule has 0 saturated heterocycles. The number of pyridine rings is 1. The first-order valence-electron chi connectivity index (χ1n) is 8.30. The van der Waals surface area contributed by atoms with Crippen LogP contribution in [-0.4, -0.2) is 20.5 Å². The molecule has 1 atom stereocenters. The number of aromatic nitrogens is 3. The lowest BCUT2D eigenvalue weighted by Crippen LogP contribution is -2.38. The van der Waals surface area contributed by atoms with Crippen molar-refractivity contribution in [2.45, 2.75) is 11.7 Å². The third-order valence-corrected chi connectivity index (χ3v) is 4.50. The van der Waals surface area contributed by atoms with Gasteiger partial charge in [0, 0.05) is 31.0 Å². The van der Waals surface area contributed by atoms with Crippen LogP contribution in [0.3, 0.4) is 0 Å². The van der Waals surface area contributed by atoms with E-state index in [0.29, 0.717) is 11.1 Å². The average molecular weight is 384 g/mol. The number of imidazole rings is 1. The van der Waals surface area contributed by atoms with E-state index in [1.54, 1.807) is 42.9 Å². The second kappa shape index (κ2) is 6.52. The van der Waals surface area contributed by atoms with Gasteiger partial charge in [0.25, 0.3) is 0 Å². The Kier molecular flexibility index (Phi) is 4.14. The van der Waals surface area contributed by atoms with E-state index in [1.807, 2.05) is 0 Å². The zero-order valence-corrected chi connectivity index (χ0v) is 14.4. The van der Waals surface area contributed by atoms with Crippen molar-refractivity contribution in [2.24, 2.45) is 10.7 Å². The van der Waals surface area contributed by atoms with Gasteiger partial charge in [-0.05, 0) is 41.5 Å². The molecule has 0 saturated carbocycles. The van der Waals surface area contributed by atoms with Crippen LogP contribution in [0.15, 0.2) is 78.7 Å². The van der Waals surface area contributed by atoms with E-state index in [4.69, 9.17) is 5.73 Å². The molecule has 0 radical (unpaired) electrons. The van der Waals surface area contributed by atoms with Crippen LogP contribution in [0, 0.1) is 0 Å². The quantitative estimate of drug-likeness (QED) is 0.728. The molecule has 3 N–H and O–H groups in total. The van der Waals surface area contributed by atoms with Crippen LogP contribution in [0.4, 0.5) is 13.2 Å². The van der Waals surface area contributed by atoms with Gasteiger partial charge in [0.15, 0.2) is 5.96 Å². The zero-order chi connectivity index (χ0) is 19.8. The molecule has 2 aromatic heterocycles. The maximum atomic E-state index is 13.9. The lowest BCUT2D eigenvalue weighted by molar-refractivity contribution is -0.137. The predicted octanol–water partition coefficient (Wildman–Crippen LogP) is 2.96. The smallest absolute Gasteiger partial charge is 0.370 e. The zero-order valence-electron chi connectivity index (χ0n) is 14.4. The summed E-state index contributed by atoms with van der Waals surface area (Å²) in [5.41, 5.74) is 4.81. The number of hydrogen-bond acceptors (Lipinski definition) is 5. The lowest BCUT2D eigenvalue weighted by atomic mass is 9.82. The molecule has 1 unspecified atom stereocenters. The molecule has 0 amide bonds. The number of guanidine groups is 1. The minimum Gasteiger partial charge on any atom is -0.370 e. The number of aliphatic imine (C=N–C) groups is 1. The minimum atomic E-state index is -4.57.